The zero-order valence-corrected chi connectivity index (χ0v) is 12.7. The van der Waals surface area contributed by atoms with Crippen LogP contribution in [0.3, 0.4) is 0 Å². The van der Waals surface area contributed by atoms with Crippen LogP contribution in [0.4, 0.5) is 4.79 Å². The lowest BCUT2D eigenvalue weighted by atomic mass is 10.1. The Morgan fingerprint density at radius 2 is 2.06 bits per heavy atom. The van der Waals surface area contributed by atoms with Crippen molar-refractivity contribution in [2.24, 2.45) is 0 Å². The summed E-state index contributed by atoms with van der Waals surface area (Å²) in [6.07, 6.45) is 0. The molecule has 1 rings (SSSR count). The molecule has 0 heterocycles. The molecule has 0 bridgehead atoms. The Hall–Kier alpha value is -1.07. The van der Waals surface area contributed by atoms with Crippen LogP contribution in [-0.2, 0) is 6.54 Å². The van der Waals surface area contributed by atoms with Crippen LogP contribution in [0.25, 0.3) is 0 Å². The van der Waals surface area contributed by atoms with Gasteiger partial charge in [0.05, 0.1) is 0 Å². The predicted octanol–water partition coefficient (Wildman–Crippen LogP) is 2.12. The Kier molecular flexibility index (Phi) is 6.15. The van der Waals surface area contributed by atoms with Crippen LogP contribution in [0, 0.1) is 6.92 Å². The van der Waals surface area contributed by atoms with Crippen molar-refractivity contribution < 1.29 is 4.79 Å². The van der Waals surface area contributed by atoms with Gasteiger partial charge in [-0.2, -0.15) is 0 Å². The molecule has 0 aliphatic carbocycles. The van der Waals surface area contributed by atoms with E-state index in [2.05, 4.69) is 51.7 Å². The Morgan fingerprint density at radius 1 is 1.33 bits per heavy atom. The van der Waals surface area contributed by atoms with Crippen LogP contribution in [0.2, 0.25) is 0 Å². The highest BCUT2D eigenvalue weighted by Gasteiger charge is 2.01. The molecule has 2 N–H and O–H groups in total. The average molecular weight is 314 g/mol. The number of nitrogens with zero attached hydrogens (tertiary/aromatic N) is 1. The molecule has 100 valence electrons. The molecule has 0 saturated carbocycles. The maximum Gasteiger partial charge on any atom is 0.316 e. The first kappa shape index (κ1) is 15.0. The van der Waals surface area contributed by atoms with E-state index < -0.39 is 0 Å². The van der Waals surface area contributed by atoms with Crippen LogP contribution in [0.1, 0.15) is 11.1 Å². The molecule has 0 radical (unpaired) electrons. The molecule has 0 aliphatic heterocycles. The SMILES string of the molecule is Cc1ccc(CNCCNC(=O)N(C)C)cc1Br. The molecular weight excluding hydrogens is 294 g/mol. The van der Waals surface area contributed by atoms with Gasteiger partial charge in [0.2, 0.25) is 0 Å². The predicted molar refractivity (Wildman–Crippen MR) is 77.7 cm³/mol. The molecule has 1 aromatic carbocycles. The van der Waals surface area contributed by atoms with E-state index >= 15 is 0 Å². The van der Waals surface area contributed by atoms with E-state index in [4.69, 9.17) is 0 Å². The maximum absolute atomic E-state index is 11.2. The third-order valence-corrected chi connectivity index (χ3v) is 3.40. The van der Waals surface area contributed by atoms with Crippen molar-refractivity contribution in [2.45, 2.75) is 13.5 Å². The first-order valence-corrected chi connectivity index (χ1v) is 6.71. The minimum atomic E-state index is -0.0603. The number of hydrogen-bond donors (Lipinski definition) is 2. The van der Waals surface area contributed by atoms with E-state index in [1.54, 1.807) is 14.1 Å². The fourth-order valence-electron chi connectivity index (χ4n) is 1.39. The fourth-order valence-corrected chi connectivity index (χ4v) is 1.82. The molecule has 0 unspecified atom stereocenters. The number of benzene rings is 1. The van der Waals surface area contributed by atoms with Crippen molar-refractivity contribution in [1.29, 1.82) is 0 Å². The molecule has 2 amide bonds. The van der Waals surface area contributed by atoms with E-state index in [9.17, 15) is 4.79 Å². The highest BCUT2D eigenvalue weighted by Crippen LogP contribution is 2.17. The van der Waals surface area contributed by atoms with E-state index in [1.165, 1.54) is 16.0 Å². The second kappa shape index (κ2) is 7.38. The van der Waals surface area contributed by atoms with Crippen LogP contribution in [-0.4, -0.2) is 38.1 Å². The molecule has 18 heavy (non-hydrogen) atoms. The van der Waals surface area contributed by atoms with Gasteiger partial charge in [0, 0.05) is 38.2 Å². The quantitative estimate of drug-likeness (QED) is 0.818. The molecule has 4 nitrogen and oxygen atoms in total. The molecule has 5 heteroatoms. The normalized spacial score (nSPS) is 10.2. The largest absolute Gasteiger partial charge is 0.337 e. The monoisotopic (exact) mass is 313 g/mol. The summed E-state index contributed by atoms with van der Waals surface area (Å²) < 4.78 is 1.13. The number of hydrogen-bond acceptors (Lipinski definition) is 2. The molecule has 0 aromatic heterocycles. The van der Waals surface area contributed by atoms with Crippen LogP contribution >= 0.6 is 15.9 Å². The van der Waals surface area contributed by atoms with E-state index in [0.717, 1.165) is 17.6 Å². The topological polar surface area (TPSA) is 44.4 Å². The minimum absolute atomic E-state index is 0.0603. The number of rotatable bonds is 5. The van der Waals surface area contributed by atoms with Crippen molar-refractivity contribution >= 4 is 22.0 Å². The number of halogens is 1. The van der Waals surface area contributed by atoms with E-state index in [-0.39, 0.29) is 6.03 Å². The van der Waals surface area contributed by atoms with Crippen molar-refractivity contribution in [3.05, 3.63) is 33.8 Å². The third-order valence-electron chi connectivity index (χ3n) is 2.55. The molecule has 1 aromatic rings. The Labute approximate surface area is 117 Å². The fraction of sp³-hybridized carbons (Fsp3) is 0.462. The van der Waals surface area contributed by atoms with E-state index in [0.29, 0.717) is 6.54 Å². The second-order valence-corrected chi connectivity index (χ2v) is 5.24. The zero-order valence-electron chi connectivity index (χ0n) is 11.1. The standard InChI is InChI=1S/C13H20BrN3O/c1-10-4-5-11(8-12(10)14)9-15-6-7-16-13(18)17(2)3/h4-5,8,15H,6-7,9H2,1-3H3,(H,16,18). The molecular formula is C13H20BrN3O. The summed E-state index contributed by atoms with van der Waals surface area (Å²) in [7, 11) is 3.46. The molecule has 0 aliphatic rings. The summed E-state index contributed by atoms with van der Waals surface area (Å²) in [5, 5.41) is 6.09. The van der Waals surface area contributed by atoms with Gasteiger partial charge in [-0.25, -0.2) is 4.79 Å². The minimum Gasteiger partial charge on any atom is -0.337 e. The van der Waals surface area contributed by atoms with Crippen LogP contribution in [0.15, 0.2) is 22.7 Å². The number of carbonyl (C=O) groups is 1. The first-order chi connectivity index (χ1) is 8.50. The molecule has 0 saturated heterocycles. The van der Waals surface area contributed by atoms with Gasteiger partial charge in [0.25, 0.3) is 0 Å². The lowest BCUT2D eigenvalue weighted by Gasteiger charge is -2.12. The summed E-state index contributed by atoms with van der Waals surface area (Å²) in [5.41, 5.74) is 2.46. The Balaban J connectivity index is 2.22. The van der Waals surface area contributed by atoms with Gasteiger partial charge < -0.3 is 15.5 Å². The summed E-state index contributed by atoms with van der Waals surface area (Å²) in [6.45, 7) is 4.25. The first-order valence-electron chi connectivity index (χ1n) is 5.91. The number of nitrogens with one attached hydrogen (secondary N) is 2. The molecule has 0 fully saturated rings. The van der Waals surface area contributed by atoms with Crippen LogP contribution < -0.4 is 10.6 Å². The number of aryl methyl sites for hydroxylation is 1. The van der Waals surface area contributed by atoms with Gasteiger partial charge in [-0.3, -0.25) is 0 Å². The third kappa shape index (κ3) is 5.06. The van der Waals surface area contributed by atoms with Gasteiger partial charge in [-0.15, -0.1) is 0 Å². The van der Waals surface area contributed by atoms with Gasteiger partial charge in [-0.1, -0.05) is 28.1 Å². The van der Waals surface area contributed by atoms with E-state index in [1.807, 2.05) is 0 Å². The maximum atomic E-state index is 11.2. The highest BCUT2D eigenvalue weighted by atomic mass is 79.9. The van der Waals surface area contributed by atoms with Crippen molar-refractivity contribution in [3.63, 3.8) is 0 Å². The Bertz CT molecular complexity index is 407. The summed E-state index contributed by atoms with van der Waals surface area (Å²) in [6, 6.07) is 6.25. The van der Waals surface area contributed by atoms with Gasteiger partial charge in [0.15, 0.2) is 0 Å². The number of carbonyl (C=O) groups excluding carboxylic acids is 1. The number of urea groups is 1. The van der Waals surface area contributed by atoms with Crippen molar-refractivity contribution in [3.8, 4) is 0 Å². The van der Waals surface area contributed by atoms with Crippen molar-refractivity contribution in [1.82, 2.24) is 15.5 Å². The second-order valence-electron chi connectivity index (χ2n) is 4.39. The van der Waals surface area contributed by atoms with Crippen LogP contribution in [0.5, 0.6) is 0 Å². The average Bonchev–Trinajstić information content (AvgIpc) is 2.32. The Morgan fingerprint density at radius 3 is 2.67 bits per heavy atom. The number of amides is 2. The lowest BCUT2D eigenvalue weighted by molar-refractivity contribution is 0.217. The smallest absolute Gasteiger partial charge is 0.316 e. The summed E-state index contributed by atoms with van der Waals surface area (Å²) in [4.78, 5) is 12.8. The van der Waals surface area contributed by atoms with Gasteiger partial charge >= 0.3 is 6.03 Å². The van der Waals surface area contributed by atoms with Gasteiger partial charge in [-0.05, 0) is 24.1 Å². The van der Waals surface area contributed by atoms with Crippen molar-refractivity contribution in [2.75, 3.05) is 27.2 Å². The molecule has 0 spiro atoms. The summed E-state index contributed by atoms with van der Waals surface area (Å²) in [5.74, 6) is 0. The van der Waals surface area contributed by atoms with Gasteiger partial charge in [0.1, 0.15) is 0 Å². The molecule has 0 atom stereocenters. The zero-order chi connectivity index (χ0) is 13.5. The highest BCUT2D eigenvalue weighted by molar-refractivity contribution is 9.10. The summed E-state index contributed by atoms with van der Waals surface area (Å²) >= 11 is 3.51. The lowest BCUT2D eigenvalue weighted by Crippen LogP contribution is -2.38.